The lowest BCUT2D eigenvalue weighted by molar-refractivity contribution is -0.114. The first-order valence-corrected chi connectivity index (χ1v) is 22.3. The number of hydrogen-bond donors (Lipinski definition) is 2. The van der Waals surface area contributed by atoms with E-state index in [0.29, 0.717) is 33.8 Å². The van der Waals surface area contributed by atoms with Gasteiger partial charge in [-0.25, -0.2) is 4.68 Å². The Morgan fingerprint density at radius 1 is 0.645 bits per heavy atom. The predicted molar refractivity (Wildman–Crippen MR) is 238 cm³/mol. The molecule has 0 bridgehead atoms. The summed E-state index contributed by atoms with van der Waals surface area (Å²) in [5.41, 5.74) is 4.33. The van der Waals surface area contributed by atoms with Crippen molar-refractivity contribution in [2.45, 2.75) is 48.7 Å². The minimum Gasteiger partial charge on any atom is -0.486 e. The summed E-state index contributed by atoms with van der Waals surface area (Å²) in [7, 11) is -8.65. The summed E-state index contributed by atoms with van der Waals surface area (Å²) in [6, 6.07) is 38.1. The molecular weight excluding hydrogens is 829 g/mol. The summed E-state index contributed by atoms with van der Waals surface area (Å²) in [4.78, 5) is 12.7. The van der Waals surface area contributed by atoms with Crippen molar-refractivity contribution in [3.63, 3.8) is 0 Å². The number of amides is 1. The lowest BCUT2D eigenvalue weighted by Gasteiger charge is -2.24. The number of aryl methyl sites for hydroxylation is 1. The molecule has 13 nitrogen and oxygen atoms in total. The molecule has 2 atom stereocenters. The highest BCUT2D eigenvalue weighted by atomic mass is 32.2. The molecule has 6 aromatic rings. The number of carbonyl (C=O) groups is 1. The Balaban J connectivity index is 0.000000887. The quantitative estimate of drug-likeness (QED) is 0.0832. The van der Waals surface area contributed by atoms with Crippen molar-refractivity contribution in [1.29, 1.82) is 0 Å². The molecule has 0 saturated heterocycles. The first-order valence-electron chi connectivity index (χ1n) is 19.4. The summed E-state index contributed by atoms with van der Waals surface area (Å²) in [5.74, 6) is 1.04. The third kappa shape index (κ3) is 10.5. The van der Waals surface area contributed by atoms with Crippen LogP contribution in [0.3, 0.4) is 0 Å². The number of aromatic nitrogens is 2. The van der Waals surface area contributed by atoms with Gasteiger partial charge in [-0.2, -0.15) is 32.0 Å². The number of hydrazone groups is 1. The lowest BCUT2D eigenvalue weighted by atomic mass is 10.0. The summed E-state index contributed by atoms with van der Waals surface area (Å²) < 4.78 is 78.1. The zero-order chi connectivity index (χ0) is 44.0. The van der Waals surface area contributed by atoms with E-state index in [1.54, 1.807) is 29.8 Å². The summed E-state index contributed by atoms with van der Waals surface area (Å²) >= 11 is 0. The van der Waals surface area contributed by atoms with Crippen molar-refractivity contribution in [3.05, 3.63) is 179 Å². The third-order valence-corrected chi connectivity index (χ3v) is 11.7. The van der Waals surface area contributed by atoms with Crippen LogP contribution in [0.1, 0.15) is 36.6 Å². The van der Waals surface area contributed by atoms with E-state index >= 15 is 0 Å². The van der Waals surface area contributed by atoms with Crippen LogP contribution in [-0.2, 0) is 25.0 Å². The average molecular weight is 871 g/mol. The van der Waals surface area contributed by atoms with Gasteiger partial charge in [0.15, 0.2) is 0 Å². The molecule has 2 aliphatic rings. The highest BCUT2D eigenvalue weighted by molar-refractivity contribution is 7.86. The number of benzene rings is 5. The van der Waals surface area contributed by atoms with Crippen LogP contribution >= 0.6 is 0 Å². The number of ether oxygens (including phenoxy) is 2. The third-order valence-electron chi connectivity index (χ3n) is 9.93. The van der Waals surface area contributed by atoms with Crippen LogP contribution in [-0.4, -0.2) is 59.5 Å². The molecule has 316 valence electrons. The van der Waals surface area contributed by atoms with E-state index in [9.17, 15) is 30.7 Å². The second kappa shape index (κ2) is 18.4. The largest absolute Gasteiger partial charge is 0.486 e. The molecule has 8 rings (SSSR count). The molecule has 0 spiro atoms. The Kier molecular flexibility index (Phi) is 12.8. The van der Waals surface area contributed by atoms with Gasteiger partial charge in [-0.3, -0.25) is 13.9 Å². The normalized spacial score (nSPS) is 17.4. The van der Waals surface area contributed by atoms with Crippen LogP contribution in [0.5, 0.6) is 11.5 Å². The van der Waals surface area contributed by atoms with Crippen molar-refractivity contribution in [1.82, 2.24) is 9.78 Å². The maximum atomic E-state index is 13.2. The van der Waals surface area contributed by atoms with Crippen molar-refractivity contribution in [2.24, 2.45) is 5.10 Å². The molecule has 1 aromatic heterocycles. The maximum absolute atomic E-state index is 13.2. The highest BCUT2D eigenvalue weighted by Crippen LogP contribution is 2.28. The van der Waals surface area contributed by atoms with Gasteiger partial charge in [0, 0.05) is 5.22 Å². The van der Waals surface area contributed by atoms with E-state index in [0.717, 1.165) is 40.6 Å². The van der Waals surface area contributed by atoms with Crippen LogP contribution < -0.4 is 25.1 Å². The molecule has 5 aromatic carbocycles. The van der Waals surface area contributed by atoms with Gasteiger partial charge in [0.05, 0.1) is 43.5 Å². The molecule has 0 radical (unpaired) electrons. The molecule has 62 heavy (non-hydrogen) atoms. The first kappa shape index (κ1) is 43.2. The van der Waals surface area contributed by atoms with Gasteiger partial charge in [-0.15, -0.1) is 0 Å². The second-order valence-electron chi connectivity index (χ2n) is 14.4. The summed E-state index contributed by atoms with van der Waals surface area (Å²) in [6.07, 6.45) is 8.95. The van der Waals surface area contributed by atoms with E-state index < -0.39 is 20.2 Å². The zero-order valence-corrected chi connectivity index (χ0v) is 35.3. The van der Waals surface area contributed by atoms with Crippen molar-refractivity contribution in [3.8, 4) is 17.2 Å². The Morgan fingerprint density at radius 2 is 1.08 bits per heavy atom. The Labute approximate surface area is 359 Å². The van der Waals surface area contributed by atoms with E-state index in [1.807, 2.05) is 110 Å². The molecule has 0 fully saturated rings. The molecule has 1 aliphatic carbocycles. The molecule has 2 N–H and O–H groups in total. The Hall–Kier alpha value is -6.91. The van der Waals surface area contributed by atoms with Crippen LogP contribution in [0, 0.1) is 6.92 Å². The molecule has 15 heteroatoms. The second-order valence-corrected chi connectivity index (χ2v) is 17.2. The summed E-state index contributed by atoms with van der Waals surface area (Å²) in [6.45, 7) is 7.77. The SMILES string of the molecule is C=c1/c(=C/c2ccc(OC3C=CC(Oc4ccc(/C=C5\C(=O)N(c6ccc(S(=O)(=O)O)cc6)N=C5C)cc4)CC3)cc2)c(C)nn1-c1ccc(S(=O)(=O)O)cc1.c1ccccc1. The fourth-order valence-corrected chi connectivity index (χ4v) is 7.64. The van der Waals surface area contributed by atoms with Crippen LogP contribution in [0.2, 0.25) is 0 Å². The number of carbonyl (C=O) groups excluding carboxylic acids is 1. The average Bonchev–Trinajstić information content (AvgIpc) is 3.71. The molecule has 0 saturated carbocycles. The molecule has 1 amide bonds. The smallest absolute Gasteiger partial charge is 0.294 e. The highest BCUT2D eigenvalue weighted by Gasteiger charge is 2.29. The number of nitrogens with zero attached hydrogens (tertiary/aromatic N) is 4. The minimum absolute atomic E-state index is 0.119. The Bertz CT molecular complexity index is 2980. The Morgan fingerprint density at radius 3 is 1.52 bits per heavy atom. The number of rotatable bonds is 10. The monoisotopic (exact) mass is 870 g/mol. The molecular formula is C47H42N4O9S2. The van der Waals surface area contributed by atoms with Crippen molar-refractivity contribution in [2.75, 3.05) is 5.01 Å². The topological polar surface area (TPSA) is 178 Å². The first-order chi connectivity index (χ1) is 29.6. The van der Waals surface area contributed by atoms with Crippen molar-refractivity contribution < 1.29 is 40.2 Å². The summed E-state index contributed by atoms with van der Waals surface area (Å²) in [5, 5.41) is 11.6. The van der Waals surface area contributed by atoms with E-state index in [-0.39, 0.29) is 27.9 Å². The van der Waals surface area contributed by atoms with Gasteiger partial charge in [-0.05, 0) is 135 Å². The van der Waals surface area contributed by atoms with Gasteiger partial charge in [0.2, 0.25) is 0 Å². The van der Waals surface area contributed by atoms with Gasteiger partial charge in [0.25, 0.3) is 26.1 Å². The molecule has 2 heterocycles. The van der Waals surface area contributed by atoms with Gasteiger partial charge >= 0.3 is 0 Å². The van der Waals surface area contributed by atoms with E-state index in [1.165, 1.54) is 41.4 Å². The zero-order valence-electron chi connectivity index (χ0n) is 33.6. The number of hydrogen-bond acceptors (Lipinski definition) is 9. The predicted octanol–water partition coefficient (Wildman–Crippen LogP) is 6.95. The van der Waals surface area contributed by atoms with E-state index in [4.69, 9.17) is 9.47 Å². The van der Waals surface area contributed by atoms with Gasteiger partial charge < -0.3 is 9.47 Å². The molecule has 2 unspecified atom stereocenters. The fourth-order valence-electron chi connectivity index (χ4n) is 6.68. The fraction of sp³-hybridized carbons (Fsp3) is 0.128. The van der Waals surface area contributed by atoms with Gasteiger partial charge in [-0.1, -0.05) is 67.2 Å². The van der Waals surface area contributed by atoms with Crippen LogP contribution in [0.25, 0.3) is 24.4 Å². The molecule has 1 aliphatic heterocycles. The van der Waals surface area contributed by atoms with Crippen molar-refractivity contribution >= 4 is 56.3 Å². The van der Waals surface area contributed by atoms with Crippen LogP contribution in [0.4, 0.5) is 5.69 Å². The van der Waals surface area contributed by atoms with Gasteiger partial charge in [0.1, 0.15) is 23.7 Å². The standard InChI is InChI=1S/C41H36N4O9S2.C6H6/c1-26-39(28(3)44(42-26)31-8-20-37(21-9-31)55(47,48)49)24-29-4-12-33(13-5-29)53-35-16-18-36(19-17-35)54-34-14-6-30(7-15-34)25-40-27(2)43-45(41(40)46)32-10-22-38(23-11-32)56(50,51)52;1-2-4-6-5-3-1/h4-16,18,20-25,35-36H,3,17,19H2,1-2H3,(H,47,48,49)(H,50,51,52);1-6H/b39-24+,40-25-;. The van der Waals surface area contributed by atoms with E-state index in [2.05, 4.69) is 16.8 Å². The maximum Gasteiger partial charge on any atom is 0.294 e. The minimum atomic E-state index is -4.35. The van der Waals surface area contributed by atoms with Crippen LogP contribution in [0.15, 0.2) is 166 Å². The lowest BCUT2D eigenvalue weighted by Crippen LogP contribution is -2.27. The number of anilines is 1.